The van der Waals surface area contributed by atoms with Gasteiger partial charge in [0.15, 0.2) is 0 Å². The summed E-state index contributed by atoms with van der Waals surface area (Å²) in [7, 11) is 0. The van der Waals surface area contributed by atoms with E-state index in [1.165, 1.54) is 12.1 Å². The van der Waals surface area contributed by atoms with Crippen molar-refractivity contribution < 1.29 is 31.4 Å². The van der Waals surface area contributed by atoms with Gasteiger partial charge in [-0.05, 0) is 90.0 Å². The molecule has 230 valence electrons. The van der Waals surface area contributed by atoms with E-state index in [0.29, 0.717) is 61.5 Å². The molecule has 2 aliphatic heterocycles. The molecule has 11 heteroatoms. The number of aromatic nitrogens is 4. The summed E-state index contributed by atoms with van der Waals surface area (Å²) in [5.74, 6) is 0. The molecular weight excluding hydrogens is 606 g/mol. The molecule has 0 fully saturated rings. The maximum Gasteiger partial charge on any atom is 0.416 e. The predicted octanol–water partition coefficient (Wildman–Crippen LogP) is 9.52. The summed E-state index contributed by atoms with van der Waals surface area (Å²) in [5, 5.41) is 10.4. The van der Waals surface area contributed by atoms with E-state index in [1.54, 1.807) is 66.8 Å². The summed E-state index contributed by atoms with van der Waals surface area (Å²) in [6.45, 7) is -0.473. The van der Waals surface area contributed by atoms with E-state index in [1.807, 2.05) is 0 Å². The molecule has 8 bridgehead atoms. The van der Waals surface area contributed by atoms with Crippen LogP contribution in [0.25, 0.3) is 68.6 Å². The van der Waals surface area contributed by atoms with Crippen LogP contribution >= 0.6 is 0 Å². The first-order valence-electron chi connectivity index (χ1n) is 14.1. The van der Waals surface area contributed by atoms with E-state index in [0.717, 1.165) is 24.3 Å². The summed E-state index contributed by atoms with van der Waals surface area (Å²) >= 11 is 0. The van der Waals surface area contributed by atoms with E-state index >= 15 is 0 Å². The van der Waals surface area contributed by atoms with Gasteiger partial charge in [-0.1, -0.05) is 24.3 Å². The first-order chi connectivity index (χ1) is 22.0. The number of nitrogens with one attached hydrogen (secondary N) is 2. The van der Waals surface area contributed by atoms with Crippen LogP contribution in [0.3, 0.4) is 0 Å². The van der Waals surface area contributed by atoms with Crippen LogP contribution < -0.4 is 0 Å². The zero-order chi connectivity index (χ0) is 32.2. The maximum atomic E-state index is 13.7. The van der Waals surface area contributed by atoms with Gasteiger partial charge in [0.1, 0.15) is 0 Å². The van der Waals surface area contributed by atoms with Gasteiger partial charge in [0.05, 0.1) is 40.5 Å². The second kappa shape index (κ2) is 10.9. The first kappa shape index (κ1) is 29.3. The number of rotatable bonds is 3. The largest absolute Gasteiger partial charge is 0.416 e. The van der Waals surface area contributed by atoms with E-state index in [2.05, 4.69) is 9.97 Å². The molecule has 5 aromatic rings. The monoisotopic (exact) mass is 628 g/mol. The van der Waals surface area contributed by atoms with Gasteiger partial charge in [0.2, 0.25) is 0 Å². The van der Waals surface area contributed by atoms with Crippen LogP contribution in [0.15, 0.2) is 78.9 Å². The van der Waals surface area contributed by atoms with Gasteiger partial charge in [0, 0.05) is 38.8 Å². The molecule has 3 aromatic heterocycles. The van der Waals surface area contributed by atoms with Crippen LogP contribution in [0.5, 0.6) is 0 Å². The fourth-order valence-electron chi connectivity index (χ4n) is 5.67. The summed E-state index contributed by atoms with van der Waals surface area (Å²) in [5.41, 5.74) is 3.80. The van der Waals surface area contributed by atoms with Gasteiger partial charge in [-0.15, -0.1) is 0 Å². The SMILES string of the molecule is OCc1c2nc(c(-c3cccc(C(F)(F)F)c3)c3ccc(cc4ccc([nH]4)c(-c4cccc(C(F)(F)F)c4)c4nc1C=C4)[nH]3)C=C2. The summed E-state index contributed by atoms with van der Waals surface area (Å²) in [6.07, 6.45) is -2.51. The number of nitrogens with zero attached hydrogens (tertiary/aromatic N) is 2. The topological polar surface area (TPSA) is 77.6 Å². The quantitative estimate of drug-likeness (QED) is 0.171. The second-order valence-corrected chi connectivity index (χ2v) is 10.8. The molecule has 7 rings (SSSR count). The van der Waals surface area contributed by atoms with Crippen molar-refractivity contribution in [3.8, 4) is 22.3 Å². The average Bonchev–Trinajstić information content (AvgIpc) is 3.84. The highest BCUT2D eigenvalue weighted by molar-refractivity contribution is 5.93. The molecule has 0 radical (unpaired) electrons. The number of aromatic amines is 2. The lowest BCUT2D eigenvalue weighted by Crippen LogP contribution is -2.04. The molecule has 0 saturated carbocycles. The molecule has 46 heavy (non-hydrogen) atoms. The Kier molecular flexibility index (Phi) is 6.93. The lowest BCUT2D eigenvalue weighted by atomic mass is 10.0. The smallest absolute Gasteiger partial charge is 0.392 e. The molecule has 0 saturated heterocycles. The van der Waals surface area contributed by atoms with Gasteiger partial charge < -0.3 is 15.1 Å². The highest BCUT2D eigenvalue weighted by Gasteiger charge is 2.32. The molecule has 0 spiro atoms. The van der Waals surface area contributed by atoms with Crippen LogP contribution in [-0.4, -0.2) is 25.0 Å². The van der Waals surface area contributed by atoms with Crippen LogP contribution in [0.4, 0.5) is 26.3 Å². The van der Waals surface area contributed by atoms with Crippen molar-refractivity contribution in [2.75, 3.05) is 0 Å². The van der Waals surface area contributed by atoms with Crippen LogP contribution in [0.1, 0.15) is 39.5 Å². The minimum atomic E-state index is -4.55. The third-order valence-corrected chi connectivity index (χ3v) is 7.79. The molecule has 0 unspecified atom stereocenters. The summed E-state index contributed by atoms with van der Waals surface area (Å²) < 4.78 is 82.1. The highest BCUT2D eigenvalue weighted by atomic mass is 19.4. The standard InChI is InChI=1S/C35H22F6N4O/c36-34(37,38)21-5-1-3-19(15-21)32-28-9-7-23(42-28)17-24-8-10-29(43-24)33(20-4-2-6-22(16-20)35(39,40)41)31-14-12-27(45-31)25(18-46)26-11-13-30(32)44-26/h1-17,42-43,46H,18H2. The Bertz CT molecular complexity index is 2090. The number of H-pyrrole nitrogens is 2. The molecule has 0 atom stereocenters. The number of hydrogen-bond acceptors (Lipinski definition) is 3. The van der Waals surface area contributed by atoms with Crippen molar-refractivity contribution in [1.82, 2.24) is 19.9 Å². The second-order valence-electron chi connectivity index (χ2n) is 10.8. The number of benzene rings is 2. The molecule has 0 amide bonds. The van der Waals surface area contributed by atoms with E-state index in [4.69, 9.17) is 9.97 Å². The van der Waals surface area contributed by atoms with Crippen molar-refractivity contribution in [2.24, 2.45) is 0 Å². The molecule has 5 heterocycles. The third kappa shape index (κ3) is 5.39. The van der Waals surface area contributed by atoms with Crippen molar-refractivity contribution >= 4 is 46.4 Å². The predicted molar refractivity (Wildman–Crippen MR) is 166 cm³/mol. The first-order valence-corrected chi connectivity index (χ1v) is 14.1. The minimum absolute atomic E-state index is 0.288. The Hall–Kier alpha value is -5.42. The van der Waals surface area contributed by atoms with Gasteiger partial charge in [0.25, 0.3) is 0 Å². The number of aliphatic hydroxyl groups excluding tert-OH is 1. The number of aliphatic hydroxyl groups is 1. The summed E-state index contributed by atoms with van der Waals surface area (Å²) in [6, 6.07) is 18.7. The summed E-state index contributed by atoms with van der Waals surface area (Å²) in [4.78, 5) is 15.9. The average molecular weight is 629 g/mol. The van der Waals surface area contributed by atoms with Gasteiger partial charge in [-0.2, -0.15) is 26.3 Å². The van der Waals surface area contributed by atoms with E-state index in [9.17, 15) is 31.4 Å². The molecule has 2 aromatic carbocycles. The minimum Gasteiger partial charge on any atom is -0.392 e. The highest BCUT2D eigenvalue weighted by Crippen LogP contribution is 2.38. The van der Waals surface area contributed by atoms with Gasteiger partial charge in [-0.3, -0.25) is 0 Å². The third-order valence-electron chi connectivity index (χ3n) is 7.79. The van der Waals surface area contributed by atoms with Gasteiger partial charge in [-0.25, -0.2) is 9.97 Å². The molecule has 0 aliphatic carbocycles. The Morgan fingerprint density at radius 1 is 0.543 bits per heavy atom. The molecule has 2 aliphatic rings. The van der Waals surface area contributed by atoms with Crippen molar-refractivity contribution in [3.05, 3.63) is 118 Å². The normalized spacial score (nSPS) is 13.0. The molecule has 5 nitrogen and oxygen atoms in total. The molecular formula is C35H22F6N4O. The van der Waals surface area contributed by atoms with Crippen LogP contribution in [0.2, 0.25) is 0 Å². The van der Waals surface area contributed by atoms with Gasteiger partial charge >= 0.3 is 12.4 Å². The van der Waals surface area contributed by atoms with Crippen LogP contribution in [-0.2, 0) is 19.0 Å². The fraction of sp³-hybridized carbons (Fsp3) is 0.0857. The van der Waals surface area contributed by atoms with E-state index in [-0.39, 0.29) is 11.1 Å². The number of hydrogen-bond donors (Lipinski definition) is 3. The fourth-order valence-corrected chi connectivity index (χ4v) is 5.67. The Labute approximate surface area is 257 Å². The van der Waals surface area contributed by atoms with E-state index < -0.39 is 30.1 Å². The number of alkyl halides is 6. The Morgan fingerprint density at radius 2 is 0.978 bits per heavy atom. The lowest BCUT2D eigenvalue weighted by Gasteiger charge is -2.10. The lowest BCUT2D eigenvalue weighted by molar-refractivity contribution is -0.138. The Morgan fingerprint density at radius 3 is 1.39 bits per heavy atom. The number of halogens is 6. The van der Waals surface area contributed by atoms with Crippen LogP contribution in [0, 0.1) is 0 Å². The van der Waals surface area contributed by atoms with Crippen molar-refractivity contribution in [3.63, 3.8) is 0 Å². The Balaban J connectivity index is 1.57. The zero-order valence-corrected chi connectivity index (χ0v) is 23.6. The zero-order valence-electron chi connectivity index (χ0n) is 23.6. The number of fused-ring (bicyclic) bond motifs is 8. The van der Waals surface area contributed by atoms with Crippen molar-refractivity contribution in [1.29, 1.82) is 0 Å². The molecule has 3 N–H and O–H groups in total. The maximum absolute atomic E-state index is 13.7. The van der Waals surface area contributed by atoms with Crippen molar-refractivity contribution in [2.45, 2.75) is 19.0 Å².